The van der Waals surface area contributed by atoms with Crippen LogP contribution in [-0.2, 0) is 10.0 Å². The van der Waals surface area contributed by atoms with Gasteiger partial charge in [0, 0.05) is 0 Å². The van der Waals surface area contributed by atoms with Crippen LogP contribution in [0.25, 0.3) is 0 Å². The molecule has 0 atom stereocenters. The molecule has 0 aliphatic heterocycles. The molecule has 0 spiro atoms. The van der Waals surface area contributed by atoms with E-state index in [2.05, 4.69) is 4.42 Å². The van der Waals surface area contributed by atoms with Gasteiger partial charge in [-0.05, 0) is 12.1 Å². The molecule has 3 N–H and O–H groups in total. The Hall–Kier alpha value is -1.38. The molecule has 8 heteroatoms. The monoisotopic (exact) mass is 207 g/mol. The molecule has 0 aromatic carbocycles. The molecule has 1 heterocycles. The van der Waals surface area contributed by atoms with Crippen LogP contribution in [0.5, 0.6) is 0 Å². The van der Waals surface area contributed by atoms with E-state index in [1.54, 1.807) is 0 Å². The lowest BCUT2D eigenvalue weighted by Gasteiger charge is -1.94. The molecule has 1 aromatic heterocycles. The first-order valence-corrected chi connectivity index (χ1v) is 4.45. The minimum absolute atomic E-state index is 0.520. The van der Waals surface area contributed by atoms with Gasteiger partial charge in [-0.2, -0.15) is 0 Å². The standard InChI is InChI=1S/C5H5NO6S/c7-5(8)3-1-2-4(12-3)13(10,11)6-9/h1-2,6,9H,(H,7,8). The summed E-state index contributed by atoms with van der Waals surface area (Å²) in [6.07, 6.45) is 0. The minimum atomic E-state index is -4.14. The predicted molar refractivity (Wildman–Crippen MR) is 37.8 cm³/mol. The lowest BCUT2D eigenvalue weighted by Crippen LogP contribution is -2.18. The van der Waals surface area contributed by atoms with Gasteiger partial charge in [-0.15, -0.1) is 0 Å². The quantitative estimate of drug-likeness (QED) is 0.583. The third-order valence-corrected chi connectivity index (χ3v) is 2.17. The topological polar surface area (TPSA) is 117 Å². The number of carboxylic acid groups (broad SMARTS) is 1. The molecule has 0 bridgehead atoms. The van der Waals surface area contributed by atoms with Crippen LogP contribution in [-0.4, -0.2) is 24.7 Å². The number of carbonyl (C=O) groups is 1. The second-order valence-electron chi connectivity index (χ2n) is 2.02. The molecular formula is C5H5NO6S. The van der Waals surface area contributed by atoms with E-state index < -0.39 is 26.8 Å². The van der Waals surface area contributed by atoms with Gasteiger partial charge in [0.2, 0.25) is 10.9 Å². The summed E-state index contributed by atoms with van der Waals surface area (Å²) in [6, 6.07) is 1.88. The largest absolute Gasteiger partial charge is 0.475 e. The predicted octanol–water partition coefficient (Wildman–Crippen LogP) is -0.355. The van der Waals surface area contributed by atoms with Crippen LogP contribution in [0.2, 0.25) is 0 Å². The highest BCUT2D eigenvalue weighted by molar-refractivity contribution is 7.89. The molecule has 0 saturated carbocycles. The Morgan fingerprint density at radius 3 is 2.46 bits per heavy atom. The SMILES string of the molecule is O=C(O)c1ccc(S(=O)(=O)NO)o1. The third kappa shape index (κ3) is 1.86. The summed E-state index contributed by atoms with van der Waals surface area (Å²) < 4.78 is 26.0. The Bertz CT molecular complexity index is 418. The molecule has 72 valence electrons. The maximum Gasteiger partial charge on any atom is 0.371 e. The molecule has 0 amide bonds. The first-order chi connectivity index (χ1) is 5.97. The van der Waals surface area contributed by atoms with E-state index in [-0.39, 0.29) is 0 Å². The molecular weight excluding hydrogens is 202 g/mol. The first kappa shape index (κ1) is 9.71. The smallest absolute Gasteiger partial charge is 0.371 e. The van der Waals surface area contributed by atoms with E-state index in [4.69, 9.17) is 10.3 Å². The maximum absolute atomic E-state index is 10.8. The summed E-state index contributed by atoms with van der Waals surface area (Å²) >= 11 is 0. The van der Waals surface area contributed by atoms with E-state index in [0.29, 0.717) is 0 Å². The molecule has 0 aliphatic rings. The number of hydrogen-bond donors (Lipinski definition) is 3. The van der Waals surface area contributed by atoms with Gasteiger partial charge in [0.15, 0.2) is 0 Å². The van der Waals surface area contributed by atoms with Gasteiger partial charge in [-0.1, -0.05) is 4.89 Å². The second kappa shape index (κ2) is 3.17. The summed E-state index contributed by atoms with van der Waals surface area (Å²) in [5.41, 5.74) is 0. The maximum atomic E-state index is 10.8. The van der Waals surface area contributed by atoms with Gasteiger partial charge in [-0.3, -0.25) is 0 Å². The van der Waals surface area contributed by atoms with Crippen molar-refractivity contribution in [2.45, 2.75) is 5.09 Å². The van der Waals surface area contributed by atoms with Crippen molar-refractivity contribution in [2.24, 2.45) is 0 Å². The zero-order chi connectivity index (χ0) is 10.1. The van der Waals surface area contributed by atoms with Crippen molar-refractivity contribution < 1.29 is 27.9 Å². The van der Waals surface area contributed by atoms with Gasteiger partial charge in [-0.25, -0.2) is 13.2 Å². The molecule has 0 saturated heterocycles. The highest BCUT2D eigenvalue weighted by Gasteiger charge is 2.19. The van der Waals surface area contributed by atoms with E-state index in [1.165, 1.54) is 0 Å². The summed E-state index contributed by atoms with van der Waals surface area (Å²) in [5.74, 6) is -1.91. The van der Waals surface area contributed by atoms with Gasteiger partial charge in [0.25, 0.3) is 10.0 Å². The summed E-state index contributed by atoms with van der Waals surface area (Å²) in [4.78, 5) is 11.3. The fourth-order valence-corrected chi connectivity index (χ4v) is 1.16. The van der Waals surface area contributed by atoms with Crippen molar-refractivity contribution in [1.29, 1.82) is 0 Å². The van der Waals surface area contributed by atoms with Crippen molar-refractivity contribution in [3.63, 3.8) is 0 Å². The summed E-state index contributed by atoms with van der Waals surface area (Å²) in [5, 5.41) is 15.9. The van der Waals surface area contributed by atoms with Crippen molar-refractivity contribution in [1.82, 2.24) is 4.89 Å². The zero-order valence-electron chi connectivity index (χ0n) is 6.09. The minimum Gasteiger partial charge on any atom is -0.475 e. The lowest BCUT2D eigenvalue weighted by atomic mass is 10.5. The van der Waals surface area contributed by atoms with Crippen molar-refractivity contribution >= 4 is 16.0 Å². The molecule has 1 aromatic rings. The van der Waals surface area contributed by atoms with E-state index in [1.807, 2.05) is 0 Å². The van der Waals surface area contributed by atoms with Crippen LogP contribution in [0, 0.1) is 0 Å². The highest BCUT2D eigenvalue weighted by atomic mass is 32.2. The highest BCUT2D eigenvalue weighted by Crippen LogP contribution is 2.12. The van der Waals surface area contributed by atoms with Gasteiger partial charge >= 0.3 is 5.97 Å². The van der Waals surface area contributed by atoms with Crippen molar-refractivity contribution in [3.8, 4) is 0 Å². The Kier molecular flexibility index (Phi) is 2.36. The van der Waals surface area contributed by atoms with Crippen LogP contribution in [0.1, 0.15) is 10.6 Å². The fourth-order valence-electron chi connectivity index (χ4n) is 0.625. The van der Waals surface area contributed by atoms with Gasteiger partial charge in [0.05, 0.1) is 0 Å². The van der Waals surface area contributed by atoms with Gasteiger partial charge in [0.1, 0.15) is 0 Å². The zero-order valence-corrected chi connectivity index (χ0v) is 6.91. The molecule has 13 heavy (non-hydrogen) atoms. The van der Waals surface area contributed by atoms with Crippen LogP contribution >= 0.6 is 0 Å². The number of aromatic carboxylic acids is 1. The Morgan fingerprint density at radius 1 is 1.46 bits per heavy atom. The number of nitrogens with one attached hydrogen (secondary N) is 1. The second-order valence-corrected chi connectivity index (χ2v) is 3.61. The van der Waals surface area contributed by atoms with Crippen molar-refractivity contribution in [2.75, 3.05) is 0 Å². The van der Waals surface area contributed by atoms with Crippen LogP contribution in [0.15, 0.2) is 21.6 Å². The molecule has 0 unspecified atom stereocenters. The van der Waals surface area contributed by atoms with Crippen LogP contribution in [0.4, 0.5) is 0 Å². The van der Waals surface area contributed by atoms with Gasteiger partial charge < -0.3 is 14.7 Å². The molecule has 1 rings (SSSR count). The third-order valence-electron chi connectivity index (χ3n) is 1.18. The van der Waals surface area contributed by atoms with E-state index in [0.717, 1.165) is 17.0 Å². The van der Waals surface area contributed by atoms with Crippen molar-refractivity contribution in [3.05, 3.63) is 17.9 Å². The molecule has 0 aliphatic carbocycles. The van der Waals surface area contributed by atoms with Crippen LogP contribution in [0.3, 0.4) is 0 Å². The Labute approximate surface area is 72.6 Å². The number of sulfonamides is 1. The Morgan fingerprint density at radius 2 is 2.08 bits per heavy atom. The molecule has 0 fully saturated rings. The lowest BCUT2D eigenvalue weighted by molar-refractivity contribution is 0.0656. The van der Waals surface area contributed by atoms with E-state index >= 15 is 0 Å². The number of rotatable bonds is 3. The number of carboxylic acids is 1. The molecule has 0 radical (unpaired) electrons. The normalized spacial score (nSPS) is 11.5. The number of furan rings is 1. The molecule has 7 nitrogen and oxygen atoms in total. The fraction of sp³-hybridized carbons (Fsp3) is 0. The Balaban J connectivity index is 3.13. The summed E-state index contributed by atoms with van der Waals surface area (Å²) in [6.45, 7) is 0. The van der Waals surface area contributed by atoms with E-state index in [9.17, 15) is 13.2 Å². The summed E-state index contributed by atoms with van der Waals surface area (Å²) in [7, 11) is -4.14. The average Bonchev–Trinajstić information content (AvgIpc) is 2.52. The number of hydrogen-bond acceptors (Lipinski definition) is 5. The van der Waals surface area contributed by atoms with Crippen LogP contribution < -0.4 is 4.89 Å². The average molecular weight is 207 g/mol. The first-order valence-electron chi connectivity index (χ1n) is 2.96.